The molecule has 0 amide bonds. The zero-order valence-corrected chi connectivity index (χ0v) is 13.4. The molecule has 24 heavy (non-hydrogen) atoms. The quantitative estimate of drug-likeness (QED) is 0.361. The fraction of sp³-hybridized carbons (Fsp3) is 0.200. The molecule has 0 spiro atoms. The third-order valence-corrected chi connectivity index (χ3v) is 4.96. The van der Waals surface area contributed by atoms with E-state index < -0.39 is 49.6 Å². The highest BCUT2D eigenvalue weighted by molar-refractivity contribution is 7.90. The monoisotopic (exact) mass is 365 g/mol. The Balaban J connectivity index is 2.55. The molecule has 0 saturated carbocycles. The summed E-state index contributed by atoms with van der Waals surface area (Å²) in [4.78, 5) is -0.164. The van der Waals surface area contributed by atoms with Gasteiger partial charge in [0.05, 0.1) is 5.75 Å². The third kappa shape index (κ3) is 3.21. The molecular weight excluding hydrogens is 353 g/mol. The van der Waals surface area contributed by atoms with E-state index in [4.69, 9.17) is 0 Å². The predicted octanol–water partition coefficient (Wildman–Crippen LogP) is 3.42. The van der Waals surface area contributed by atoms with E-state index >= 15 is 0 Å². The number of hydrogen-bond donors (Lipinski definition) is 0. The lowest BCUT2D eigenvalue weighted by Crippen LogP contribution is -2.15. The molecule has 0 bridgehead atoms. The van der Waals surface area contributed by atoms with Crippen LogP contribution in [0.2, 0.25) is 0 Å². The zero-order valence-electron chi connectivity index (χ0n) is 12.6. The number of hydrogen-bond acceptors (Lipinski definition) is 3. The molecule has 0 radical (unpaired) electrons. The highest BCUT2D eigenvalue weighted by Crippen LogP contribution is 2.29. The summed E-state index contributed by atoms with van der Waals surface area (Å²) >= 11 is 0. The molecule has 3 nitrogen and oxygen atoms in total. The predicted molar refractivity (Wildman–Crippen MR) is 77.9 cm³/mol. The second-order valence-corrected chi connectivity index (χ2v) is 7.15. The Bertz CT molecular complexity index is 868. The molecule has 0 saturated heterocycles. The molecule has 0 fully saturated rings. The van der Waals surface area contributed by atoms with Gasteiger partial charge in [0, 0.05) is 19.8 Å². The molecule has 2 aromatic rings. The summed E-state index contributed by atoms with van der Waals surface area (Å²) in [6, 6.07) is 5.98. The van der Waals surface area contributed by atoms with Crippen LogP contribution >= 0.6 is 0 Å². The van der Waals surface area contributed by atoms with Crippen molar-refractivity contribution in [2.24, 2.45) is 0 Å². The van der Waals surface area contributed by atoms with Crippen molar-refractivity contribution in [3.63, 3.8) is 0 Å². The second-order valence-electron chi connectivity index (χ2n) is 5.22. The van der Waals surface area contributed by atoms with E-state index in [0.29, 0.717) is 5.69 Å². The first-order valence-electron chi connectivity index (χ1n) is 6.56. The highest BCUT2D eigenvalue weighted by atomic mass is 32.2. The van der Waals surface area contributed by atoms with E-state index in [0.717, 1.165) is 0 Å². The van der Waals surface area contributed by atoms with Gasteiger partial charge in [0.15, 0.2) is 33.1 Å². The fourth-order valence-corrected chi connectivity index (χ4v) is 3.56. The van der Waals surface area contributed by atoms with Gasteiger partial charge >= 0.3 is 0 Å². The molecule has 0 N–H and O–H groups in total. The van der Waals surface area contributed by atoms with Crippen LogP contribution in [0.5, 0.6) is 0 Å². The van der Waals surface area contributed by atoms with Gasteiger partial charge in [-0.25, -0.2) is 30.4 Å². The van der Waals surface area contributed by atoms with E-state index in [2.05, 4.69) is 0 Å². The smallest absolute Gasteiger partial charge is 0.200 e. The van der Waals surface area contributed by atoms with Crippen LogP contribution in [0.1, 0.15) is 5.56 Å². The van der Waals surface area contributed by atoms with Crippen LogP contribution in [0, 0.1) is 29.1 Å². The topological polar surface area (TPSA) is 37.4 Å². The van der Waals surface area contributed by atoms with Crippen molar-refractivity contribution in [3.05, 3.63) is 58.9 Å². The molecule has 0 aliphatic carbocycles. The van der Waals surface area contributed by atoms with Crippen molar-refractivity contribution < 1.29 is 30.4 Å². The van der Waals surface area contributed by atoms with E-state index in [1.54, 1.807) is 25.1 Å². The van der Waals surface area contributed by atoms with Crippen LogP contribution < -0.4 is 4.90 Å². The van der Waals surface area contributed by atoms with Crippen molar-refractivity contribution in [2.45, 2.75) is 10.6 Å². The molecule has 9 heteroatoms. The number of anilines is 1. The third-order valence-electron chi connectivity index (χ3n) is 3.26. The van der Waals surface area contributed by atoms with E-state index in [-0.39, 0.29) is 5.56 Å². The lowest BCUT2D eigenvalue weighted by molar-refractivity contribution is 0.357. The van der Waals surface area contributed by atoms with Crippen LogP contribution in [0.4, 0.5) is 27.6 Å². The van der Waals surface area contributed by atoms with Crippen LogP contribution in [-0.4, -0.2) is 22.5 Å². The second kappa shape index (κ2) is 6.39. The molecular formula is C15H12F5NO2S. The van der Waals surface area contributed by atoms with Gasteiger partial charge in [-0.3, -0.25) is 0 Å². The normalized spacial score (nSPS) is 11.6. The van der Waals surface area contributed by atoms with Gasteiger partial charge in [-0.05, 0) is 17.7 Å². The van der Waals surface area contributed by atoms with Gasteiger partial charge in [0.25, 0.3) is 0 Å². The van der Waals surface area contributed by atoms with Crippen LogP contribution in [0.3, 0.4) is 0 Å². The van der Waals surface area contributed by atoms with Crippen molar-refractivity contribution >= 4 is 15.5 Å². The lowest BCUT2D eigenvalue weighted by atomic mass is 10.2. The number of rotatable bonds is 4. The Morgan fingerprint density at radius 3 is 1.88 bits per heavy atom. The van der Waals surface area contributed by atoms with Crippen LogP contribution in [0.15, 0.2) is 29.2 Å². The summed E-state index contributed by atoms with van der Waals surface area (Å²) in [5.74, 6) is -12.6. The van der Waals surface area contributed by atoms with Crippen molar-refractivity contribution in [2.75, 3.05) is 19.0 Å². The van der Waals surface area contributed by atoms with Gasteiger partial charge in [-0.2, -0.15) is 0 Å². The summed E-state index contributed by atoms with van der Waals surface area (Å²) in [6.45, 7) is 0. The van der Waals surface area contributed by atoms with Crippen molar-refractivity contribution in [3.8, 4) is 0 Å². The lowest BCUT2D eigenvalue weighted by Gasteiger charge is -2.14. The van der Waals surface area contributed by atoms with E-state index in [1.165, 1.54) is 18.2 Å². The minimum Gasteiger partial charge on any atom is -0.378 e. The summed E-state index contributed by atoms with van der Waals surface area (Å²) in [5.41, 5.74) is 0.755. The number of nitrogens with zero attached hydrogens (tertiary/aromatic N) is 1. The average molecular weight is 365 g/mol. The van der Waals surface area contributed by atoms with Gasteiger partial charge in [-0.15, -0.1) is 0 Å². The van der Waals surface area contributed by atoms with Crippen molar-refractivity contribution in [1.29, 1.82) is 0 Å². The van der Waals surface area contributed by atoms with Crippen molar-refractivity contribution in [1.82, 2.24) is 0 Å². The zero-order chi connectivity index (χ0) is 18.2. The minimum absolute atomic E-state index is 0.144. The molecule has 0 aliphatic rings. The standard InChI is InChI=1S/C15H12F5NO2S/c1-21(2)9-5-3-4-8(6-9)7-24(22,23)15-13(19)11(17)10(16)12(18)14(15)20/h3-6H,7H2,1-2H3. The van der Waals surface area contributed by atoms with Gasteiger partial charge in [0.2, 0.25) is 5.82 Å². The number of halogens is 5. The molecule has 0 aromatic heterocycles. The van der Waals surface area contributed by atoms with E-state index in [1.807, 2.05) is 0 Å². The Labute approximate surface area is 135 Å². The van der Waals surface area contributed by atoms with Gasteiger partial charge in [-0.1, -0.05) is 12.1 Å². The summed E-state index contributed by atoms with van der Waals surface area (Å²) < 4.78 is 91.2. The SMILES string of the molecule is CN(C)c1cccc(CS(=O)(=O)c2c(F)c(F)c(F)c(F)c2F)c1. The van der Waals surface area contributed by atoms with Crippen LogP contribution in [-0.2, 0) is 15.6 Å². The molecule has 0 unspecified atom stereocenters. The summed E-state index contributed by atoms with van der Waals surface area (Å²) in [7, 11) is -1.41. The molecule has 130 valence electrons. The van der Waals surface area contributed by atoms with Crippen LogP contribution in [0.25, 0.3) is 0 Å². The first-order valence-corrected chi connectivity index (χ1v) is 8.22. The van der Waals surface area contributed by atoms with E-state index in [9.17, 15) is 30.4 Å². The first kappa shape index (κ1) is 18.2. The number of benzene rings is 2. The Morgan fingerprint density at radius 1 is 0.875 bits per heavy atom. The maximum Gasteiger partial charge on any atom is 0.200 e. The molecule has 2 rings (SSSR count). The average Bonchev–Trinajstić information content (AvgIpc) is 2.50. The molecule has 2 aromatic carbocycles. The Kier molecular flexibility index (Phi) is 4.84. The maximum absolute atomic E-state index is 13.7. The maximum atomic E-state index is 13.7. The Morgan fingerprint density at radius 2 is 1.38 bits per heavy atom. The highest BCUT2D eigenvalue weighted by Gasteiger charge is 2.33. The fourth-order valence-electron chi connectivity index (χ4n) is 2.07. The van der Waals surface area contributed by atoms with Gasteiger partial charge < -0.3 is 4.90 Å². The first-order chi connectivity index (χ1) is 11.1. The molecule has 0 aliphatic heterocycles. The van der Waals surface area contributed by atoms with Gasteiger partial charge in [0.1, 0.15) is 4.90 Å². The summed E-state index contributed by atoms with van der Waals surface area (Å²) in [6.07, 6.45) is 0. The molecule has 0 heterocycles. The largest absolute Gasteiger partial charge is 0.378 e. The Hall–Kier alpha value is -2.16. The summed E-state index contributed by atoms with van der Waals surface area (Å²) in [5, 5.41) is 0. The number of sulfone groups is 1. The molecule has 0 atom stereocenters. The minimum atomic E-state index is -4.79.